The van der Waals surface area contributed by atoms with E-state index in [9.17, 15) is 18.4 Å². The molecule has 39 heavy (non-hydrogen) atoms. The maximum absolute atomic E-state index is 14.0. The van der Waals surface area contributed by atoms with E-state index in [1.165, 1.54) is 36.4 Å². The third kappa shape index (κ3) is 6.65. The van der Waals surface area contributed by atoms with Gasteiger partial charge in [-0.3, -0.25) is 4.79 Å². The molecule has 0 spiro atoms. The SMILES string of the molecule is COc1ccc(C(=O)C[N+]23CCC(CC2)[C@@H](OC(=O)OC(c2cccc(F)c2)c2cccc(F)c2)C3)cc1.[Br-]. The zero-order valence-electron chi connectivity index (χ0n) is 21.5. The standard InChI is InChI=1S/C30H30F2NO5.BrH/c1-36-26-10-8-20(9-11-26)27(34)18-33-14-12-21(13-15-33)28(19-33)37-30(35)38-29(22-4-2-6-24(31)16-22)23-5-3-7-25(32)17-23;/h2-11,16-17,21,28-29H,12-15,18-19H2,1H3;1H/q+1;/p-1/t21?,28-,33?;/m0./s1. The second kappa shape index (κ2) is 12.3. The lowest BCUT2D eigenvalue weighted by Crippen LogP contribution is -3.00. The fourth-order valence-corrected chi connectivity index (χ4v) is 5.67. The average molecular weight is 602 g/mol. The van der Waals surface area contributed by atoms with Gasteiger partial charge in [0.1, 0.15) is 30.5 Å². The molecule has 0 amide bonds. The molecule has 3 aliphatic heterocycles. The van der Waals surface area contributed by atoms with Crippen molar-refractivity contribution in [3.8, 4) is 5.75 Å². The number of piperidine rings is 3. The molecule has 0 saturated carbocycles. The van der Waals surface area contributed by atoms with Crippen molar-refractivity contribution in [2.45, 2.75) is 25.0 Å². The summed E-state index contributed by atoms with van der Waals surface area (Å²) in [5.74, 6) is -0.0846. The molecule has 206 valence electrons. The van der Waals surface area contributed by atoms with Crippen LogP contribution in [0.5, 0.6) is 5.75 Å². The van der Waals surface area contributed by atoms with Crippen LogP contribution >= 0.6 is 0 Å². The second-order valence-corrected chi connectivity index (χ2v) is 10.1. The topological polar surface area (TPSA) is 61.8 Å². The summed E-state index contributed by atoms with van der Waals surface area (Å²) in [6, 6.07) is 18.4. The Balaban J connectivity index is 0.00000353. The van der Waals surface area contributed by atoms with E-state index in [0.717, 1.165) is 25.9 Å². The van der Waals surface area contributed by atoms with Gasteiger partial charge in [0, 0.05) is 35.4 Å². The van der Waals surface area contributed by atoms with Crippen molar-refractivity contribution < 1.29 is 54.0 Å². The first-order valence-electron chi connectivity index (χ1n) is 12.7. The fourth-order valence-electron chi connectivity index (χ4n) is 5.67. The van der Waals surface area contributed by atoms with E-state index < -0.39 is 30.0 Å². The Hall–Kier alpha value is -3.30. The van der Waals surface area contributed by atoms with Gasteiger partial charge in [0.15, 0.2) is 12.2 Å². The predicted molar refractivity (Wildman–Crippen MR) is 136 cm³/mol. The molecule has 0 N–H and O–H groups in total. The molecule has 9 heteroatoms. The van der Waals surface area contributed by atoms with Gasteiger partial charge in [-0.15, -0.1) is 0 Å². The number of halogens is 3. The third-order valence-corrected chi connectivity index (χ3v) is 7.70. The number of benzene rings is 3. The molecule has 3 saturated heterocycles. The molecule has 3 aliphatic rings. The van der Waals surface area contributed by atoms with Crippen LogP contribution in [0.4, 0.5) is 13.6 Å². The predicted octanol–water partition coefficient (Wildman–Crippen LogP) is 2.71. The Morgan fingerprint density at radius 3 is 2.05 bits per heavy atom. The second-order valence-electron chi connectivity index (χ2n) is 10.1. The maximum atomic E-state index is 14.0. The van der Waals surface area contributed by atoms with Crippen molar-refractivity contribution in [2.75, 3.05) is 33.3 Å². The lowest BCUT2D eigenvalue weighted by atomic mass is 9.83. The molecule has 0 unspecified atom stereocenters. The van der Waals surface area contributed by atoms with E-state index in [2.05, 4.69) is 0 Å². The third-order valence-electron chi connectivity index (χ3n) is 7.70. The average Bonchev–Trinajstić information content (AvgIpc) is 2.92. The Kier molecular flexibility index (Phi) is 9.02. The molecular weight excluding hydrogens is 572 g/mol. The molecule has 3 aromatic carbocycles. The van der Waals surface area contributed by atoms with Gasteiger partial charge in [0.05, 0.1) is 20.2 Å². The number of ketones is 1. The number of rotatable bonds is 8. The first-order valence-corrected chi connectivity index (χ1v) is 12.7. The molecule has 3 aromatic rings. The van der Waals surface area contributed by atoms with Gasteiger partial charge in [0.2, 0.25) is 5.78 Å². The zero-order chi connectivity index (χ0) is 26.7. The largest absolute Gasteiger partial charge is 1.00 e. The lowest BCUT2D eigenvalue weighted by Gasteiger charge is -2.51. The fraction of sp³-hybridized carbons (Fsp3) is 0.333. The summed E-state index contributed by atoms with van der Waals surface area (Å²) >= 11 is 0. The van der Waals surface area contributed by atoms with Crippen LogP contribution in [0, 0.1) is 17.6 Å². The van der Waals surface area contributed by atoms with Crippen LogP contribution in [0.1, 0.15) is 40.4 Å². The molecule has 6 nitrogen and oxygen atoms in total. The number of fused-ring (bicyclic) bond motifs is 3. The maximum Gasteiger partial charge on any atom is 0.509 e. The number of methoxy groups -OCH3 is 1. The summed E-state index contributed by atoms with van der Waals surface area (Å²) in [5, 5.41) is 0. The highest BCUT2D eigenvalue weighted by atomic mass is 79.9. The number of ether oxygens (including phenoxy) is 3. The van der Waals surface area contributed by atoms with Crippen molar-refractivity contribution in [1.82, 2.24) is 0 Å². The number of carbonyl (C=O) groups excluding carboxylic acids is 2. The Bertz CT molecular complexity index is 1270. The number of nitrogens with zero attached hydrogens (tertiary/aromatic N) is 1. The molecule has 3 heterocycles. The molecule has 1 atom stereocenters. The molecule has 6 rings (SSSR count). The monoisotopic (exact) mass is 601 g/mol. The van der Waals surface area contributed by atoms with E-state index in [4.69, 9.17) is 14.2 Å². The number of quaternary nitrogens is 1. The highest BCUT2D eigenvalue weighted by Crippen LogP contribution is 2.37. The summed E-state index contributed by atoms with van der Waals surface area (Å²) < 4.78 is 45.1. The molecular formula is C30H30BrF2NO5. The van der Waals surface area contributed by atoms with Gasteiger partial charge in [0.25, 0.3) is 0 Å². The number of hydrogen-bond acceptors (Lipinski definition) is 5. The minimum Gasteiger partial charge on any atom is -1.00 e. The highest BCUT2D eigenvalue weighted by Gasteiger charge is 2.49. The lowest BCUT2D eigenvalue weighted by molar-refractivity contribution is -0.938. The minimum atomic E-state index is -1.03. The van der Waals surface area contributed by atoms with E-state index in [-0.39, 0.29) is 28.7 Å². The quantitative estimate of drug-likeness (QED) is 0.226. The van der Waals surface area contributed by atoms with E-state index in [1.807, 2.05) is 0 Å². The highest BCUT2D eigenvalue weighted by molar-refractivity contribution is 5.97. The summed E-state index contributed by atoms with van der Waals surface area (Å²) in [6.07, 6.45) is -0.665. The van der Waals surface area contributed by atoms with Crippen LogP contribution in [0.2, 0.25) is 0 Å². The van der Waals surface area contributed by atoms with Crippen LogP contribution in [0.15, 0.2) is 72.8 Å². The van der Waals surface area contributed by atoms with Crippen molar-refractivity contribution >= 4 is 11.9 Å². The van der Waals surface area contributed by atoms with Crippen molar-refractivity contribution in [3.63, 3.8) is 0 Å². The van der Waals surface area contributed by atoms with Crippen molar-refractivity contribution in [2.24, 2.45) is 5.92 Å². The molecule has 0 aliphatic carbocycles. The molecule has 3 fully saturated rings. The summed E-state index contributed by atoms with van der Waals surface area (Å²) in [7, 11) is 1.58. The van der Waals surface area contributed by atoms with Crippen LogP contribution < -0.4 is 21.7 Å². The van der Waals surface area contributed by atoms with Crippen LogP contribution in [0.25, 0.3) is 0 Å². The number of carbonyl (C=O) groups is 2. The normalized spacial score (nSPS) is 21.6. The van der Waals surface area contributed by atoms with E-state index >= 15 is 0 Å². The van der Waals surface area contributed by atoms with E-state index in [1.54, 1.807) is 43.5 Å². The van der Waals surface area contributed by atoms with Crippen LogP contribution in [-0.4, -0.2) is 55.8 Å². The van der Waals surface area contributed by atoms with Crippen molar-refractivity contribution in [1.29, 1.82) is 0 Å². The van der Waals surface area contributed by atoms with Gasteiger partial charge < -0.3 is 35.7 Å². The van der Waals surface area contributed by atoms with Crippen LogP contribution in [0.3, 0.4) is 0 Å². The summed E-state index contributed by atoms with van der Waals surface area (Å²) in [5.41, 5.74) is 1.36. The van der Waals surface area contributed by atoms with Gasteiger partial charge in [-0.2, -0.15) is 0 Å². The van der Waals surface area contributed by atoms with Crippen molar-refractivity contribution in [3.05, 3.63) is 101 Å². The molecule has 0 radical (unpaired) electrons. The number of Topliss-reactive ketones (excluding diaryl/α,β-unsaturated/α-hetero) is 1. The number of hydrogen-bond donors (Lipinski definition) is 0. The first kappa shape index (κ1) is 28.7. The Morgan fingerprint density at radius 2 is 1.51 bits per heavy atom. The zero-order valence-corrected chi connectivity index (χ0v) is 23.1. The van der Waals surface area contributed by atoms with Gasteiger partial charge in [-0.1, -0.05) is 24.3 Å². The summed E-state index contributed by atoms with van der Waals surface area (Å²) in [4.78, 5) is 26.1. The van der Waals surface area contributed by atoms with Gasteiger partial charge in [-0.05, 0) is 48.5 Å². The first-order chi connectivity index (χ1) is 18.3. The van der Waals surface area contributed by atoms with Gasteiger partial charge in [-0.25, -0.2) is 13.6 Å². The smallest absolute Gasteiger partial charge is 0.509 e. The minimum absolute atomic E-state index is 0. The Labute approximate surface area is 236 Å². The summed E-state index contributed by atoms with van der Waals surface area (Å²) in [6.45, 7) is 2.53. The molecule has 0 aromatic heterocycles. The Morgan fingerprint density at radius 1 is 0.923 bits per heavy atom. The molecule has 2 bridgehead atoms. The van der Waals surface area contributed by atoms with Crippen LogP contribution in [-0.2, 0) is 9.47 Å². The van der Waals surface area contributed by atoms with E-state index in [0.29, 0.717) is 40.0 Å². The van der Waals surface area contributed by atoms with Gasteiger partial charge >= 0.3 is 6.16 Å².